The Kier molecular flexibility index (Phi) is 7.45. The Morgan fingerprint density at radius 3 is 2.61 bits per heavy atom. The largest absolute Gasteiger partial charge is 0.356 e. The van der Waals surface area contributed by atoms with Gasteiger partial charge in [0.25, 0.3) is 11.8 Å². The number of nitrogens with zero attached hydrogens (tertiary/aromatic N) is 1. The normalized spacial score (nSPS) is 16.1. The molecule has 1 aliphatic rings. The summed E-state index contributed by atoms with van der Waals surface area (Å²) in [5.74, 6) is -0.0929. The predicted octanol–water partition coefficient (Wildman–Crippen LogP) is 3.87. The third kappa shape index (κ3) is 5.94. The number of rotatable bonds is 6. The van der Waals surface area contributed by atoms with E-state index in [2.05, 4.69) is 24.5 Å². The van der Waals surface area contributed by atoms with Gasteiger partial charge in [0, 0.05) is 36.4 Å². The minimum absolute atomic E-state index is 0.0189. The van der Waals surface area contributed by atoms with Crippen molar-refractivity contribution in [1.29, 1.82) is 0 Å². The van der Waals surface area contributed by atoms with Crippen LogP contribution in [0.1, 0.15) is 53.0 Å². The molecule has 1 aliphatic heterocycles. The van der Waals surface area contributed by atoms with Gasteiger partial charge in [-0.2, -0.15) is 0 Å². The minimum Gasteiger partial charge on any atom is -0.356 e. The zero-order chi connectivity index (χ0) is 22.4. The smallest absolute Gasteiger partial charge is 0.255 e. The lowest BCUT2D eigenvalue weighted by Crippen LogP contribution is -2.46. The minimum atomic E-state index is -0.206. The van der Waals surface area contributed by atoms with Gasteiger partial charge in [0.05, 0.1) is 5.92 Å². The molecule has 31 heavy (non-hydrogen) atoms. The highest BCUT2D eigenvalue weighted by Crippen LogP contribution is 2.21. The van der Waals surface area contributed by atoms with Gasteiger partial charge < -0.3 is 15.5 Å². The van der Waals surface area contributed by atoms with Crippen LogP contribution in [0.3, 0.4) is 0 Å². The maximum Gasteiger partial charge on any atom is 0.255 e. The molecule has 6 heteroatoms. The van der Waals surface area contributed by atoms with Gasteiger partial charge in [-0.25, -0.2) is 0 Å². The molecule has 1 atom stereocenters. The highest BCUT2D eigenvalue weighted by molar-refractivity contribution is 6.06. The van der Waals surface area contributed by atoms with E-state index in [0.29, 0.717) is 42.4 Å². The quantitative estimate of drug-likeness (QED) is 0.743. The lowest BCUT2D eigenvalue weighted by molar-refractivity contribution is -0.126. The molecular formula is C25H31N3O3. The van der Waals surface area contributed by atoms with Crippen molar-refractivity contribution in [1.82, 2.24) is 10.2 Å². The van der Waals surface area contributed by atoms with Gasteiger partial charge in [-0.05, 0) is 55.5 Å². The first-order valence-electron chi connectivity index (χ1n) is 10.9. The average Bonchev–Trinajstić information content (AvgIpc) is 2.77. The zero-order valence-corrected chi connectivity index (χ0v) is 18.5. The van der Waals surface area contributed by atoms with E-state index < -0.39 is 0 Å². The highest BCUT2D eigenvalue weighted by Gasteiger charge is 2.29. The number of nitrogens with one attached hydrogen (secondary N) is 2. The first-order chi connectivity index (χ1) is 14.8. The number of benzene rings is 2. The number of hydrogen-bond donors (Lipinski definition) is 2. The van der Waals surface area contributed by atoms with Gasteiger partial charge in [-0.3, -0.25) is 14.4 Å². The molecule has 1 fully saturated rings. The summed E-state index contributed by atoms with van der Waals surface area (Å²) in [7, 11) is 0. The first kappa shape index (κ1) is 22.5. The van der Waals surface area contributed by atoms with E-state index in [1.807, 2.05) is 25.1 Å². The van der Waals surface area contributed by atoms with Crippen molar-refractivity contribution in [3.05, 3.63) is 65.2 Å². The molecule has 2 aromatic rings. The molecule has 0 aromatic heterocycles. The third-order valence-corrected chi connectivity index (χ3v) is 5.52. The van der Waals surface area contributed by atoms with Crippen LogP contribution in [0.2, 0.25) is 0 Å². The molecule has 2 aromatic carbocycles. The van der Waals surface area contributed by atoms with Crippen molar-refractivity contribution in [2.24, 2.45) is 11.8 Å². The number of amides is 3. The van der Waals surface area contributed by atoms with E-state index in [-0.39, 0.29) is 23.6 Å². The molecule has 0 unspecified atom stereocenters. The molecule has 1 saturated heterocycles. The van der Waals surface area contributed by atoms with Crippen molar-refractivity contribution < 1.29 is 14.4 Å². The van der Waals surface area contributed by atoms with Crippen LogP contribution in [0.15, 0.2) is 48.5 Å². The number of anilines is 1. The van der Waals surface area contributed by atoms with Crippen molar-refractivity contribution in [2.75, 3.05) is 25.0 Å². The van der Waals surface area contributed by atoms with Crippen LogP contribution in [0.4, 0.5) is 5.69 Å². The van der Waals surface area contributed by atoms with Crippen LogP contribution in [0.25, 0.3) is 0 Å². The lowest BCUT2D eigenvalue weighted by Gasteiger charge is -2.32. The van der Waals surface area contributed by atoms with Crippen LogP contribution in [-0.4, -0.2) is 42.3 Å². The average molecular weight is 422 g/mol. The van der Waals surface area contributed by atoms with E-state index in [4.69, 9.17) is 0 Å². The molecule has 1 heterocycles. The highest BCUT2D eigenvalue weighted by atomic mass is 16.2. The number of aryl methyl sites for hydroxylation is 1. The van der Waals surface area contributed by atoms with E-state index >= 15 is 0 Å². The van der Waals surface area contributed by atoms with Crippen molar-refractivity contribution >= 4 is 23.4 Å². The van der Waals surface area contributed by atoms with Gasteiger partial charge in [-0.15, -0.1) is 0 Å². The van der Waals surface area contributed by atoms with Crippen LogP contribution >= 0.6 is 0 Å². The molecule has 6 nitrogen and oxygen atoms in total. The Labute approximate surface area is 184 Å². The summed E-state index contributed by atoms with van der Waals surface area (Å²) in [5, 5.41) is 5.86. The Bertz CT molecular complexity index is 955. The Morgan fingerprint density at radius 2 is 1.87 bits per heavy atom. The molecule has 0 saturated carbocycles. The number of carbonyl (C=O) groups excluding carboxylic acids is 3. The second kappa shape index (κ2) is 10.2. The summed E-state index contributed by atoms with van der Waals surface area (Å²) in [5.41, 5.74) is 2.57. The van der Waals surface area contributed by atoms with Crippen molar-refractivity contribution in [3.8, 4) is 0 Å². The van der Waals surface area contributed by atoms with Crippen LogP contribution in [0, 0.1) is 18.8 Å². The molecule has 2 N–H and O–H groups in total. The maximum absolute atomic E-state index is 13.1. The van der Waals surface area contributed by atoms with E-state index in [1.165, 1.54) is 0 Å². The maximum atomic E-state index is 13.1. The van der Waals surface area contributed by atoms with Crippen molar-refractivity contribution in [2.45, 2.75) is 33.6 Å². The van der Waals surface area contributed by atoms with E-state index in [0.717, 1.165) is 18.4 Å². The monoisotopic (exact) mass is 421 g/mol. The van der Waals surface area contributed by atoms with Gasteiger partial charge in [-0.1, -0.05) is 38.1 Å². The summed E-state index contributed by atoms with van der Waals surface area (Å²) in [6, 6.07) is 14.3. The Morgan fingerprint density at radius 1 is 1.10 bits per heavy atom. The van der Waals surface area contributed by atoms with Gasteiger partial charge in [0.15, 0.2) is 0 Å². The van der Waals surface area contributed by atoms with Gasteiger partial charge >= 0.3 is 0 Å². The van der Waals surface area contributed by atoms with Crippen LogP contribution in [0.5, 0.6) is 0 Å². The van der Waals surface area contributed by atoms with Gasteiger partial charge in [0.1, 0.15) is 0 Å². The lowest BCUT2D eigenvalue weighted by atomic mass is 9.96. The second-order valence-corrected chi connectivity index (χ2v) is 8.58. The summed E-state index contributed by atoms with van der Waals surface area (Å²) in [4.78, 5) is 39.9. The third-order valence-electron chi connectivity index (χ3n) is 5.52. The molecule has 0 radical (unpaired) electrons. The molecule has 164 valence electrons. The van der Waals surface area contributed by atoms with Crippen LogP contribution < -0.4 is 10.6 Å². The zero-order valence-electron chi connectivity index (χ0n) is 18.5. The fraction of sp³-hybridized carbons (Fsp3) is 0.400. The molecular weight excluding hydrogens is 390 g/mol. The summed E-state index contributed by atoms with van der Waals surface area (Å²) < 4.78 is 0. The number of piperidine rings is 1. The molecule has 0 bridgehead atoms. The first-order valence-corrected chi connectivity index (χ1v) is 10.9. The molecule has 3 rings (SSSR count). The van der Waals surface area contributed by atoms with Gasteiger partial charge in [0.2, 0.25) is 5.91 Å². The summed E-state index contributed by atoms with van der Waals surface area (Å²) in [6.07, 6.45) is 1.59. The molecule has 0 aliphatic carbocycles. The predicted molar refractivity (Wildman–Crippen MR) is 122 cm³/mol. The summed E-state index contributed by atoms with van der Waals surface area (Å²) >= 11 is 0. The summed E-state index contributed by atoms with van der Waals surface area (Å²) in [6.45, 7) is 7.70. The number of carbonyl (C=O) groups is 3. The van der Waals surface area contributed by atoms with Crippen LogP contribution in [-0.2, 0) is 4.79 Å². The standard InChI is InChI=1S/C25H31N3O3/c1-17(2)15-26-23(29)20-10-7-13-28(16-20)25(31)19-9-6-11-21(14-19)27-24(30)22-12-5-4-8-18(22)3/h4-6,8-9,11-12,14,17,20H,7,10,13,15-16H2,1-3H3,(H,26,29)(H,27,30)/t20-/m0/s1. The fourth-order valence-corrected chi connectivity index (χ4v) is 3.76. The second-order valence-electron chi connectivity index (χ2n) is 8.58. The van der Waals surface area contributed by atoms with E-state index in [9.17, 15) is 14.4 Å². The Hall–Kier alpha value is -3.15. The topological polar surface area (TPSA) is 78.5 Å². The molecule has 0 spiro atoms. The number of hydrogen-bond acceptors (Lipinski definition) is 3. The number of likely N-dealkylation sites (tertiary alicyclic amines) is 1. The SMILES string of the molecule is Cc1ccccc1C(=O)Nc1cccc(C(=O)N2CCC[C@H](C(=O)NCC(C)C)C2)c1. The fourth-order valence-electron chi connectivity index (χ4n) is 3.76. The molecule has 3 amide bonds. The van der Waals surface area contributed by atoms with Crippen molar-refractivity contribution in [3.63, 3.8) is 0 Å². The Balaban J connectivity index is 1.66. The van der Waals surface area contributed by atoms with E-state index in [1.54, 1.807) is 35.2 Å².